The minimum absolute atomic E-state index is 0.0463. The molecule has 4 nitrogen and oxygen atoms in total. The van der Waals surface area contributed by atoms with Gasteiger partial charge in [-0.05, 0) is 81.6 Å². The van der Waals surface area contributed by atoms with Gasteiger partial charge in [-0.15, -0.1) is 0 Å². The van der Waals surface area contributed by atoms with Crippen molar-refractivity contribution >= 4 is 17.2 Å². The van der Waals surface area contributed by atoms with E-state index in [0.29, 0.717) is 23.2 Å². The molecule has 0 aromatic carbocycles. The third-order valence-corrected chi connectivity index (χ3v) is 6.81. The maximum atomic E-state index is 12.2. The van der Waals surface area contributed by atoms with Gasteiger partial charge < -0.3 is 4.90 Å². The lowest BCUT2D eigenvalue weighted by Gasteiger charge is -2.29. The van der Waals surface area contributed by atoms with E-state index in [1.54, 1.807) is 20.0 Å². The Kier molecular flexibility index (Phi) is 17.4. The number of ketones is 1. The van der Waals surface area contributed by atoms with Gasteiger partial charge in [-0.3, -0.25) is 14.8 Å². The van der Waals surface area contributed by atoms with Gasteiger partial charge in [0.25, 0.3) is 0 Å². The highest BCUT2D eigenvalue weighted by atomic mass is 16.1. The molecular weight excluding hydrogens is 454 g/mol. The summed E-state index contributed by atoms with van der Waals surface area (Å²) in [6, 6.07) is 0. The molecule has 0 spiro atoms. The number of aliphatic imine (C=N–C) groups is 2. The zero-order chi connectivity index (χ0) is 28.5. The molecule has 0 heterocycles. The Balaban J connectivity index is 6.50. The number of hydrogen-bond acceptors (Lipinski definition) is 4. The van der Waals surface area contributed by atoms with Crippen LogP contribution in [0, 0.1) is 17.8 Å². The Bertz CT molecular complexity index is 912. The third kappa shape index (κ3) is 13.6. The summed E-state index contributed by atoms with van der Waals surface area (Å²) in [7, 11) is 1.75. The average molecular weight is 510 g/mol. The van der Waals surface area contributed by atoms with Crippen LogP contribution < -0.4 is 0 Å². The molecule has 0 aliphatic rings. The second-order valence-electron chi connectivity index (χ2n) is 10.6. The maximum Gasteiger partial charge on any atom is 0.154 e. The average Bonchev–Trinajstić information content (AvgIpc) is 2.86. The van der Waals surface area contributed by atoms with Crippen LogP contribution in [0.15, 0.2) is 69.5 Å². The fraction of sp³-hybridized carbons (Fsp3) is 0.606. The van der Waals surface area contributed by atoms with Crippen LogP contribution in [-0.4, -0.2) is 42.2 Å². The molecule has 0 aromatic rings. The van der Waals surface area contributed by atoms with E-state index in [1.165, 1.54) is 18.5 Å². The quantitative estimate of drug-likeness (QED) is 0.112. The summed E-state index contributed by atoms with van der Waals surface area (Å²) in [6.45, 7) is 27.5. The van der Waals surface area contributed by atoms with Crippen LogP contribution in [0.1, 0.15) is 94.9 Å². The third-order valence-electron chi connectivity index (χ3n) is 6.81. The molecule has 0 saturated heterocycles. The molecule has 0 radical (unpaired) electrons. The highest BCUT2D eigenvalue weighted by Crippen LogP contribution is 2.18. The van der Waals surface area contributed by atoms with Crippen molar-refractivity contribution in [2.24, 2.45) is 27.7 Å². The molecule has 0 amide bonds. The first-order chi connectivity index (χ1) is 17.4. The van der Waals surface area contributed by atoms with Gasteiger partial charge in [0, 0.05) is 37.6 Å². The second kappa shape index (κ2) is 18.7. The Morgan fingerprint density at radius 2 is 1.65 bits per heavy atom. The number of rotatable bonds is 17. The van der Waals surface area contributed by atoms with Gasteiger partial charge in [0.1, 0.15) is 0 Å². The predicted octanol–water partition coefficient (Wildman–Crippen LogP) is 8.78. The van der Waals surface area contributed by atoms with Crippen LogP contribution in [0.4, 0.5) is 0 Å². The van der Waals surface area contributed by atoms with Gasteiger partial charge in [-0.1, -0.05) is 73.1 Å². The van der Waals surface area contributed by atoms with Gasteiger partial charge in [-0.2, -0.15) is 0 Å². The van der Waals surface area contributed by atoms with Crippen molar-refractivity contribution in [3.05, 3.63) is 59.5 Å². The molecule has 0 N–H and O–H groups in total. The summed E-state index contributed by atoms with van der Waals surface area (Å²) in [5.74, 6) is 1.47. The number of carbonyl (C=O) groups excluding carboxylic acids is 1. The molecule has 37 heavy (non-hydrogen) atoms. The van der Waals surface area contributed by atoms with Gasteiger partial charge in [-0.25, -0.2) is 0 Å². The highest BCUT2D eigenvalue weighted by Gasteiger charge is 2.14. The minimum atomic E-state index is -0.0463. The lowest BCUT2D eigenvalue weighted by molar-refractivity contribution is -0.112. The van der Waals surface area contributed by atoms with E-state index in [1.807, 2.05) is 13.0 Å². The molecule has 0 aromatic heterocycles. The summed E-state index contributed by atoms with van der Waals surface area (Å²) in [4.78, 5) is 24.2. The zero-order valence-electron chi connectivity index (χ0n) is 25.8. The summed E-state index contributed by atoms with van der Waals surface area (Å²) < 4.78 is 0. The van der Waals surface area contributed by atoms with Crippen LogP contribution in [0.2, 0.25) is 0 Å². The molecule has 0 rings (SSSR count). The van der Waals surface area contributed by atoms with Crippen molar-refractivity contribution < 1.29 is 4.79 Å². The molecule has 4 heteroatoms. The number of nitrogens with zero attached hydrogens (tertiary/aromatic N) is 3. The van der Waals surface area contributed by atoms with E-state index in [4.69, 9.17) is 4.99 Å². The molecule has 0 aliphatic heterocycles. The molecule has 0 fully saturated rings. The molecule has 0 bridgehead atoms. The van der Waals surface area contributed by atoms with Gasteiger partial charge in [0.05, 0.1) is 11.4 Å². The zero-order valence-corrected chi connectivity index (χ0v) is 25.8. The largest absolute Gasteiger partial charge is 0.372 e. The van der Waals surface area contributed by atoms with Crippen molar-refractivity contribution in [2.75, 3.05) is 20.1 Å². The lowest BCUT2D eigenvalue weighted by Crippen LogP contribution is -2.28. The number of allylic oxidation sites excluding steroid dienone is 7. The van der Waals surface area contributed by atoms with Crippen LogP contribution >= 0.6 is 0 Å². The van der Waals surface area contributed by atoms with E-state index >= 15 is 0 Å². The van der Waals surface area contributed by atoms with E-state index in [2.05, 4.69) is 90.1 Å². The SMILES string of the molecule is C=C(CC)/C(C)=C/C(=NC)C(=C/C(C)=O)/N=C(\C=C/C(=C\C)N(CCC(C)CC)CC(C)C)C(C)CC. The van der Waals surface area contributed by atoms with Crippen molar-refractivity contribution in [1.29, 1.82) is 0 Å². The van der Waals surface area contributed by atoms with Gasteiger partial charge >= 0.3 is 0 Å². The van der Waals surface area contributed by atoms with Gasteiger partial charge in [0.2, 0.25) is 0 Å². The number of hydrogen-bond donors (Lipinski definition) is 0. The Morgan fingerprint density at radius 3 is 2.11 bits per heavy atom. The van der Waals surface area contributed by atoms with E-state index in [0.717, 1.165) is 42.8 Å². The number of carbonyl (C=O) groups is 1. The van der Waals surface area contributed by atoms with E-state index < -0.39 is 0 Å². The minimum Gasteiger partial charge on any atom is -0.372 e. The lowest BCUT2D eigenvalue weighted by atomic mass is 10.0. The normalized spacial score (nSPS) is 15.9. The van der Waals surface area contributed by atoms with Crippen LogP contribution in [0.25, 0.3) is 0 Å². The highest BCUT2D eigenvalue weighted by molar-refractivity contribution is 6.14. The van der Waals surface area contributed by atoms with Crippen LogP contribution in [0.5, 0.6) is 0 Å². The first kappa shape index (κ1) is 34.5. The second-order valence-corrected chi connectivity index (χ2v) is 10.6. The summed E-state index contributed by atoms with van der Waals surface area (Å²) >= 11 is 0. The predicted molar refractivity (Wildman–Crippen MR) is 166 cm³/mol. The maximum absolute atomic E-state index is 12.2. The standard InChI is InChI=1S/C33H55N3O/c1-13-25(7)19-20-36(23-24(5)6)30(16-4)17-18-31(27(9)15-3)35-33(22-29(11)37)32(34-12)21-28(10)26(8)14-2/h16-18,21-22,24-25,27H,8,13-15,19-20,23H2,1-7,9-12H3/b18-17-,28-21+,30-16+,33-22-,34-32?,35-31+. The van der Waals surface area contributed by atoms with E-state index in [9.17, 15) is 4.79 Å². The molecule has 2 atom stereocenters. The fourth-order valence-corrected chi connectivity index (χ4v) is 3.76. The Hall–Kier alpha value is -2.49. The van der Waals surface area contributed by atoms with Crippen molar-refractivity contribution in [1.82, 2.24) is 4.90 Å². The monoisotopic (exact) mass is 509 g/mol. The van der Waals surface area contributed by atoms with Gasteiger partial charge in [0.15, 0.2) is 5.78 Å². The topological polar surface area (TPSA) is 45.0 Å². The molecular formula is C33H55N3O. The Morgan fingerprint density at radius 1 is 1.00 bits per heavy atom. The van der Waals surface area contributed by atoms with Crippen LogP contribution in [0.3, 0.4) is 0 Å². The van der Waals surface area contributed by atoms with E-state index in [-0.39, 0.29) is 11.7 Å². The molecule has 208 valence electrons. The van der Waals surface area contributed by atoms with Crippen molar-refractivity contribution in [2.45, 2.75) is 94.9 Å². The summed E-state index contributed by atoms with van der Waals surface area (Å²) in [6.07, 6.45) is 14.3. The smallest absolute Gasteiger partial charge is 0.154 e. The first-order valence-electron chi connectivity index (χ1n) is 14.2. The van der Waals surface area contributed by atoms with Crippen LogP contribution in [-0.2, 0) is 4.79 Å². The summed E-state index contributed by atoms with van der Waals surface area (Å²) in [5, 5.41) is 0. The fourth-order valence-electron chi connectivity index (χ4n) is 3.76. The summed E-state index contributed by atoms with van der Waals surface area (Å²) in [5.41, 5.74) is 5.55. The van der Waals surface area contributed by atoms with Crippen molar-refractivity contribution in [3.8, 4) is 0 Å². The molecule has 0 saturated carbocycles. The van der Waals surface area contributed by atoms with Crippen molar-refractivity contribution in [3.63, 3.8) is 0 Å². The molecule has 2 unspecified atom stereocenters. The first-order valence-corrected chi connectivity index (χ1v) is 14.2. The Labute approximate surface area is 229 Å². The molecule has 0 aliphatic carbocycles.